The Morgan fingerprint density at radius 2 is 1.81 bits per heavy atom. The minimum atomic E-state index is -1.95. The molecule has 2 aromatic rings. The number of hydrogen-bond acceptors (Lipinski definition) is 6. The van der Waals surface area contributed by atoms with Crippen LogP contribution >= 0.6 is 11.3 Å². The Morgan fingerprint density at radius 1 is 1.15 bits per heavy atom. The van der Waals surface area contributed by atoms with Gasteiger partial charge in [-0.15, -0.1) is 11.3 Å². The van der Waals surface area contributed by atoms with Crippen LogP contribution in [-0.4, -0.2) is 40.3 Å². The van der Waals surface area contributed by atoms with Gasteiger partial charge in [-0.2, -0.15) is 0 Å². The summed E-state index contributed by atoms with van der Waals surface area (Å²) in [6, 6.07) is 8.70. The molecule has 0 spiro atoms. The van der Waals surface area contributed by atoms with E-state index < -0.39 is 17.8 Å². The topological polar surface area (TPSA) is 127 Å². The molecule has 0 saturated heterocycles. The van der Waals surface area contributed by atoms with Gasteiger partial charge in [-0.05, 0) is 24.1 Å². The average Bonchev–Trinajstić information content (AvgIpc) is 2.98. The molecule has 3 rings (SSSR count). The van der Waals surface area contributed by atoms with E-state index in [0.717, 1.165) is 11.3 Å². The van der Waals surface area contributed by atoms with Gasteiger partial charge in [0.15, 0.2) is 0 Å². The number of carbonyl (C=O) groups excluding carboxylic acids is 3. The number of nitrogens with zero attached hydrogens (tertiary/aromatic N) is 1. The van der Waals surface area contributed by atoms with E-state index >= 15 is 0 Å². The normalized spacial score (nSPS) is 12.5. The molecule has 0 unspecified atom stereocenters. The quantitative estimate of drug-likeness (QED) is 0.431. The Labute approximate surface area is 180 Å². The molecule has 2 N–H and O–H groups in total. The van der Waals surface area contributed by atoms with E-state index in [9.17, 15) is 29.4 Å². The first-order valence-electron chi connectivity index (χ1n) is 7.63. The van der Waals surface area contributed by atoms with Crippen molar-refractivity contribution < 1.29 is 58.9 Å². The van der Waals surface area contributed by atoms with E-state index in [1.807, 2.05) is 0 Å². The van der Waals surface area contributed by atoms with E-state index in [1.165, 1.54) is 0 Å². The molecule has 0 saturated carbocycles. The summed E-state index contributed by atoms with van der Waals surface area (Å²) >= 11 is 0.955. The number of nitrogens with one attached hydrogen (secondary N) is 1. The number of fused-ring (bicyclic) bond motifs is 1. The van der Waals surface area contributed by atoms with Crippen molar-refractivity contribution >= 4 is 40.1 Å². The molecule has 0 radical (unpaired) electrons. The summed E-state index contributed by atoms with van der Waals surface area (Å²) in [6.45, 7) is 0.515. The summed E-state index contributed by atoms with van der Waals surface area (Å²) < 4.78 is 0. The summed E-state index contributed by atoms with van der Waals surface area (Å²) in [7, 11) is 0. The molecule has 1 aromatic carbocycles. The van der Waals surface area contributed by atoms with Crippen molar-refractivity contribution in [1.29, 1.82) is 0 Å². The summed E-state index contributed by atoms with van der Waals surface area (Å²) in [6.07, 6.45) is 0.299. The van der Waals surface area contributed by atoms with Crippen molar-refractivity contribution in [2.75, 3.05) is 11.9 Å². The fourth-order valence-electron chi connectivity index (χ4n) is 2.81. The van der Waals surface area contributed by atoms with E-state index in [0.29, 0.717) is 29.0 Å². The maximum atomic E-state index is 12.6. The van der Waals surface area contributed by atoms with Gasteiger partial charge in [0.1, 0.15) is 11.0 Å². The molecule has 0 bridgehead atoms. The molecule has 0 fully saturated rings. The summed E-state index contributed by atoms with van der Waals surface area (Å²) in [5, 5.41) is 22.0. The van der Waals surface area contributed by atoms with Gasteiger partial charge in [0.2, 0.25) is 0 Å². The fraction of sp³-hybridized carbons (Fsp3) is 0.176. The Kier molecular flexibility index (Phi) is 6.77. The summed E-state index contributed by atoms with van der Waals surface area (Å²) in [4.78, 5) is 48.2. The number of amides is 2. The number of benzene rings is 1. The number of carboxylic acids is 2. The van der Waals surface area contributed by atoms with Crippen LogP contribution in [0.2, 0.25) is 0 Å². The molecular weight excluding hydrogens is 383 g/mol. The number of hydrogen-bond donors (Lipinski definition) is 2. The van der Waals surface area contributed by atoms with Crippen LogP contribution in [0.5, 0.6) is 0 Å². The van der Waals surface area contributed by atoms with Gasteiger partial charge in [0.25, 0.3) is 11.8 Å². The molecule has 1 aromatic heterocycles. The number of aromatic carboxylic acids is 1. The van der Waals surface area contributed by atoms with E-state index in [2.05, 4.69) is 5.32 Å². The molecule has 0 atom stereocenters. The van der Waals surface area contributed by atoms with Crippen LogP contribution in [0.3, 0.4) is 0 Å². The van der Waals surface area contributed by atoms with Crippen molar-refractivity contribution in [3.63, 3.8) is 0 Å². The van der Waals surface area contributed by atoms with Gasteiger partial charge in [-0.3, -0.25) is 9.59 Å². The van der Waals surface area contributed by atoms with Crippen molar-refractivity contribution in [2.24, 2.45) is 0 Å². The second kappa shape index (κ2) is 8.66. The first-order chi connectivity index (χ1) is 12.4. The minimum Gasteiger partial charge on any atom is -0.540 e. The van der Waals surface area contributed by atoms with Crippen LogP contribution in [0.1, 0.15) is 31.2 Å². The molecule has 8 nitrogen and oxygen atoms in total. The molecule has 1 aliphatic heterocycles. The van der Waals surface area contributed by atoms with Crippen LogP contribution < -0.4 is 40.0 Å². The van der Waals surface area contributed by atoms with E-state index in [-0.39, 0.29) is 52.6 Å². The van der Waals surface area contributed by atoms with Crippen LogP contribution in [0.25, 0.3) is 0 Å². The molecule has 134 valence electrons. The summed E-state index contributed by atoms with van der Waals surface area (Å²) in [5.74, 6) is -4.81. The van der Waals surface area contributed by atoms with Crippen molar-refractivity contribution in [3.05, 3.63) is 51.9 Å². The second-order valence-corrected chi connectivity index (χ2v) is 6.70. The molecule has 27 heavy (non-hydrogen) atoms. The third kappa shape index (κ3) is 4.38. The third-order valence-electron chi connectivity index (χ3n) is 3.99. The van der Waals surface area contributed by atoms with Gasteiger partial charge in [-0.25, -0.2) is 4.79 Å². The third-order valence-corrected chi connectivity index (χ3v) is 5.12. The fourth-order valence-corrected chi connectivity index (χ4v) is 4.06. The van der Waals surface area contributed by atoms with Gasteiger partial charge in [0.05, 0.1) is 12.1 Å². The molecular formula is C17H13N2NaO6S. The van der Waals surface area contributed by atoms with Crippen LogP contribution in [0.15, 0.2) is 30.3 Å². The Morgan fingerprint density at radius 3 is 2.41 bits per heavy atom. The predicted molar refractivity (Wildman–Crippen MR) is 89.8 cm³/mol. The van der Waals surface area contributed by atoms with Crippen LogP contribution in [-0.2, 0) is 22.6 Å². The average molecular weight is 396 g/mol. The monoisotopic (exact) mass is 396 g/mol. The number of carbonyl (C=O) groups is 4. The molecule has 1 aliphatic rings. The summed E-state index contributed by atoms with van der Waals surface area (Å²) in [5.41, 5.74) is 0.899. The Bertz CT molecular complexity index is 912. The zero-order chi connectivity index (χ0) is 18.8. The van der Waals surface area contributed by atoms with Gasteiger partial charge >= 0.3 is 35.5 Å². The first kappa shape index (κ1) is 21.1. The number of aliphatic carboxylic acids is 1. The van der Waals surface area contributed by atoms with Crippen molar-refractivity contribution in [2.45, 2.75) is 13.0 Å². The van der Waals surface area contributed by atoms with Gasteiger partial charge in [0, 0.05) is 17.0 Å². The predicted octanol–water partition coefficient (Wildman–Crippen LogP) is -2.66. The van der Waals surface area contributed by atoms with Crippen molar-refractivity contribution in [1.82, 2.24) is 4.90 Å². The SMILES string of the molecule is O=C([O-])C(=O)Nc1sc2c(c1C(=O)O)CCN(C(=O)c1ccccc1)C2.[Na+]. The smallest absolute Gasteiger partial charge is 0.540 e. The van der Waals surface area contributed by atoms with Crippen LogP contribution in [0, 0.1) is 0 Å². The van der Waals surface area contributed by atoms with E-state index in [4.69, 9.17) is 0 Å². The Balaban J connectivity index is 0.00000261. The van der Waals surface area contributed by atoms with Gasteiger partial charge in [-0.1, -0.05) is 18.2 Å². The van der Waals surface area contributed by atoms with Crippen molar-refractivity contribution in [3.8, 4) is 0 Å². The standard InChI is InChI=1S/C17H14N2O6S.Na/c20-13(17(24)25)18-14-12(16(22)23)10-6-7-19(8-11(10)26-14)15(21)9-4-2-1-3-5-9;/h1-5H,6-8H2,(H,18,20)(H,22,23)(H,24,25);/q;+1/p-1. The number of thiophene rings is 1. The Hall–Kier alpha value is -2.20. The molecule has 2 heterocycles. The second-order valence-electron chi connectivity index (χ2n) is 5.60. The maximum absolute atomic E-state index is 12.6. The largest absolute Gasteiger partial charge is 1.00 e. The van der Waals surface area contributed by atoms with Crippen LogP contribution in [0.4, 0.5) is 5.00 Å². The minimum absolute atomic E-state index is 0. The zero-order valence-corrected chi connectivity index (χ0v) is 17.2. The maximum Gasteiger partial charge on any atom is 1.00 e. The first-order valence-corrected chi connectivity index (χ1v) is 8.44. The van der Waals surface area contributed by atoms with E-state index in [1.54, 1.807) is 35.2 Å². The number of rotatable bonds is 3. The number of anilines is 1. The zero-order valence-electron chi connectivity index (χ0n) is 14.4. The number of carboxylic acid groups (broad SMARTS) is 2. The molecule has 0 aliphatic carbocycles. The molecule has 2 amide bonds. The van der Waals surface area contributed by atoms with Gasteiger partial charge < -0.3 is 25.2 Å². The molecule has 10 heteroatoms.